The monoisotopic (exact) mass is 320 g/mol. The van der Waals surface area contributed by atoms with Crippen molar-refractivity contribution in [2.75, 3.05) is 12.4 Å². The maximum absolute atomic E-state index is 12.4. The number of ether oxygens (including phenoxy) is 1. The smallest absolute Gasteiger partial charge is 0.255 e. The molecule has 1 heterocycles. The molecule has 3 rings (SSSR count). The van der Waals surface area contributed by atoms with Crippen LogP contribution in [0.4, 0.5) is 5.69 Å². The van der Waals surface area contributed by atoms with Crippen LogP contribution in [0.5, 0.6) is 5.75 Å². The number of carbonyl (C=O) groups excluding carboxylic acids is 1. The van der Waals surface area contributed by atoms with Gasteiger partial charge < -0.3 is 14.5 Å². The quantitative estimate of drug-likeness (QED) is 0.801. The number of methoxy groups -OCH3 is 1. The lowest BCUT2D eigenvalue weighted by Crippen LogP contribution is -2.13. The Morgan fingerprint density at radius 3 is 2.62 bits per heavy atom. The minimum atomic E-state index is -0.366. The van der Waals surface area contributed by atoms with Crippen molar-refractivity contribution >= 4 is 22.6 Å². The van der Waals surface area contributed by atoms with Gasteiger partial charge in [0.2, 0.25) is 5.76 Å². The molecule has 2 aromatic carbocycles. The lowest BCUT2D eigenvalue weighted by Gasteiger charge is -2.08. The number of amides is 1. The number of hydrogen-bond acceptors (Lipinski definition) is 5. The molecule has 118 valence electrons. The van der Waals surface area contributed by atoms with Crippen molar-refractivity contribution < 1.29 is 13.9 Å². The highest BCUT2D eigenvalue weighted by Gasteiger charge is 2.12. The molecule has 0 aliphatic rings. The maximum atomic E-state index is 12.4. The zero-order chi connectivity index (χ0) is 17.1. The fourth-order valence-electron chi connectivity index (χ4n) is 2.27. The fourth-order valence-corrected chi connectivity index (χ4v) is 2.27. The van der Waals surface area contributed by atoms with E-state index in [1.54, 1.807) is 55.6 Å². The number of nitriles is 1. The van der Waals surface area contributed by atoms with E-state index in [1.165, 1.54) is 0 Å². The molecule has 6 nitrogen and oxygen atoms in total. The van der Waals surface area contributed by atoms with E-state index in [9.17, 15) is 9.59 Å². The van der Waals surface area contributed by atoms with Gasteiger partial charge in [-0.3, -0.25) is 9.59 Å². The summed E-state index contributed by atoms with van der Waals surface area (Å²) in [7, 11) is 1.54. The third-order valence-electron chi connectivity index (χ3n) is 3.47. The van der Waals surface area contributed by atoms with Crippen LogP contribution < -0.4 is 15.5 Å². The standard InChI is InChI=1S/C18H12N2O4/c1-23-12-7-5-11(6-8-12)18(22)20-15-4-2-3-14-16(21)9-13(10-19)24-17(14)15/h2-9H,1H3,(H,20,22). The summed E-state index contributed by atoms with van der Waals surface area (Å²) in [5.41, 5.74) is 0.575. The molecule has 6 heteroatoms. The van der Waals surface area contributed by atoms with Crippen LogP contribution in [0.25, 0.3) is 11.0 Å². The minimum Gasteiger partial charge on any atom is -0.497 e. The van der Waals surface area contributed by atoms with Gasteiger partial charge in [0.25, 0.3) is 5.91 Å². The molecule has 0 bridgehead atoms. The Kier molecular flexibility index (Phi) is 4.00. The molecule has 24 heavy (non-hydrogen) atoms. The molecule has 0 radical (unpaired) electrons. The van der Waals surface area contributed by atoms with Gasteiger partial charge in [-0.05, 0) is 36.4 Å². The molecule has 0 atom stereocenters. The summed E-state index contributed by atoms with van der Waals surface area (Å²) < 4.78 is 10.5. The second-order valence-electron chi connectivity index (χ2n) is 4.95. The Morgan fingerprint density at radius 1 is 1.21 bits per heavy atom. The van der Waals surface area contributed by atoms with Crippen molar-refractivity contribution in [1.29, 1.82) is 5.26 Å². The molecule has 0 saturated carbocycles. The second-order valence-corrected chi connectivity index (χ2v) is 4.95. The van der Waals surface area contributed by atoms with Crippen molar-refractivity contribution in [1.82, 2.24) is 0 Å². The maximum Gasteiger partial charge on any atom is 0.255 e. The van der Waals surface area contributed by atoms with Gasteiger partial charge in [0, 0.05) is 11.6 Å². The highest BCUT2D eigenvalue weighted by molar-refractivity contribution is 6.07. The van der Waals surface area contributed by atoms with E-state index < -0.39 is 0 Å². The Labute approximate surface area is 136 Å². The van der Waals surface area contributed by atoms with E-state index in [0.717, 1.165) is 6.07 Å². The van der Waals surface area contributed by atoms with Crippen LogP contribution in [-0.2, 0) is 0 Å². The number of carbonyl (C=O) groups is 1. The summed E-state index contributed by atoms with van der Waals surface area (Å²) in [5.74, 6) is 0.162. The third-order valence-corrected chi connectivity index (χ3v) is 3.47. The summed E-state index contributed by atoms with van der Waals surface area (Å²) in [6.45, 7) is 0. The van der Waals surface area contributed by atoms with E-state index in [4.69, 9.17) is 14.4 Å². The van der Waals surface area contributed by atoms with Crippen LogP contribution >= 0.6 is 0 Å². The highest BCUT2D eigenvalue weighted by Crippen LogP contribution is 2.23. The zero-order valence-corrected chi connectivity index (χ0v) is 12.7. The van der Waals surface area contributed by atoms with Crippen molar-refractivity contribution in [2.24, 2.45) is 0 Å². The van der Waals surface area contributed by atoms with E-state index in [0.29, 0.717) is 22.4 Å². The first-order chi connectivity index (χ1) is 11.6. The van der Waals surface area contributed by atoms with Gasteiger partial charge in [0.1, 0.15) is 11.8 Å². The van der Waals surface area contributed by atoms with Crippen molar-refractivity contribution in [3.8, 4) is 11.8 Å². The highest BCUT2D eigenvalue weighted by atomic mass is 16.5. The van der Waals surface area contributed by atoms with Crippen molar-refractivity contribution in [3.63, 3.8) is 0 Å². The zero-order valence-electron chi connectivity index (χ0n) is 12.7. The van der Waals surface area contributed by atoms with Gasteiger partial charge in [-0.25, -0.2) is 0 Å². The first kappa shape index (κ1) is 15.3. The average Bonchev–Trinajstić information content (AvgIpc) is 2.62. The van der Waals surface area contributed by atoms with Gasteiger partial charge >= 0.3 is 0 Å². The molecule has 1 amide bonds. The molecule has 1 N–H and O–H groups in total. The molecule has 0 saturated heterocycles. The molecule has 3 aromatic rings. The Hall–Kier alpha value is -3.59. The molecule has 1 aromatic heterocycles. The topological polar surface area (TPSA) is 92.3 Å². The Bertz CT molecular complexity index is 1010. The lowest BCUT2D eigenvalue weighted by molar-refractivity contribution is 0.102. The van der Waals surface area contributed by atoms with E-state index in [2.05, 4.69) is 5.32 Å². The number of nitrogens with zero attached hydrogens (tertiary/aromatic N) is 1. The van der Waals surface area contributed by atoms with Crippen LogP contribution in [-0.4, -0.2) is 13.0 Å². The molecule has 0 unspecified atom stereocenters. The van der Waals surface area contributed by atoms with Gasteiger partial charge in [0.15, 0.2) is 11.0 Å². The van der Waals surface area contributed by atoms with Crippen molar-refractivity contribution in [3.05, 3.63) is 70.1 Å². The first-order valence-electron chi connectivity index (χ1n) is 7.05. The summed E-state index contributed by atoms with van der Waals surface area (Å²) >= 11 is 0. The van der Waals surface area contributed by atoms with E-state index >= 15 is 0 Å². The lowest BCUT2D eigenvalue weighted by atomic mass is 10.1. The van der Waals surface area contributed by atoms with Crippen LogP contribution in [0.15, 0.2) is 57.7 Å². The average molecular weight is 320 g/mol. The molecule has 0 fully saturated rings. The van der Waals surface area contributed by atoms with Crippen molar-refractivity contribution in [2.45, 2.75) is 0 Å². The third kappa shape index (κ3) is 2.83. The number of benzene rings is 2. The molecular formula is C18H12N2O4. The van der Waals surface area contributed by atoms with Crippen LogP contribution in [0.2, 0.25) is 0 Å². The van der Waals surface area contributed by atoms with Gasteiger partial charge in [-0.2, -0.15) is 5.26 Å². The van der Waals surface area contributed by atoms with Gasteiger partial charge in [-0.1, -0.05) is 6.07 Å². The van der Waals surface area contributed by atoms with Crippen LogP contribution in [0.3, 0.4) is 0 Å². The number of anilines is 1. The second kappa shape index (κ2) is 6.26. The molecular weight excluding hydrogens is 308 g/mol. The predicted molar refractivity (Wildman–Crippen MR) is 88.1 cm³/mol. The molecule has 0 aliphatic carbocycles. The summed E-state index contributed by atoms with van der Waals surface area (Å²) in [6.07, 6.45) is 0. The number of fused-ring (bicyclic) bond motifs is 1. The molecule has 0 aliphatic heterocycles. The Morgan fingerprint density at radius 2 is 1.96 bits per heavy atom. The van der Waals surface area contributed by atoms with Crippen LogP contribution in [0, 0.1) is 11.3 Å². The summed E-state index contributed by atoms with van der Waals surface area (Å²) in [6, 6.07) is 14.3. The van der Waals surface area contributed by atoms with E-state index in [1.807, 2.05) is 0 Å². The normalized spacial score (nSPS) is 10.2. The first-order valence-corrected chi connectivity index (χ1v) is 7.05. The van der Waals surface area contributed by atoms with Gasteiger partial charge in [0.05, 0.1) is 18.2 Å². The number of hydrogen-bond donors (Lipinski definition) is 1. The minimum absolute atomic E-state index is 0.112. The summed E-state index contributed by atoms with van der Waals surface area (Å²) in [4.78, 5) is 24.4. The number of para-hydroxylation sites is 1. The Balaban J connectivity index is 2.00. The number of rotatable bonds is 3. The fraction of sp³-hybridized carbons (Fsp3) is 0.0556. The largest absolute Gasteiger partial charge is 0.497 e. The predicted octanol–water partition coefficient (Wildman–Crippen LogP) is 2.93. The number of nitrogens with one attached hydrogen (secondary N) is 1. The molecule has 0 spiro atoms. The SMILES string of the molecule is COc1ccc(C(=O)Nc2cccc3c(=O)cc(C#N)oc23)cc1. The van der Waals surface area contributed by atoms with Gasteiger partial charge in [-0.15, -0.1) is 0 Å². The summed E-state index contributed by atoms with van der Waals surface area (Å²) in [5, 5.41) is 11.9. The van der Waals surface area contributed by atoms with Crippen LogP contribution in [0.1, 0.15) is 16.1 Å². The van der Waals surface area contributed by atoms with E-state index in [-0.39, 0.29) is 22.7 Å².